The highest BCUT2D eigenvalue weighted by molar-refractivity contribution is 4.91. The van der Waals surface area contributed by atoms with Crippen molar-refractivity contribution in [2.75, 3.05) is 6.61 Å². The van der Waals surface area contributed by atoms with Crippen LogP contribution in [-0.2, 0) is 17.7 Å². The largest absolute Gasteiger partial charge is 0.378 e. The minimum Gasteiger partial charge on any atom is -0.378 e. The van der Waals surface area contributed by atoms with Crippen molar-refractivity contribution in [2.45, 2.75) is 64.6 Å². The monoisotopic (exact) mass is 266 g/mol. The molecule has 2 N–H and O–H groups in total. The zero-order chi connectivity index (χ0) is 13.7. The van der Waals surface area contributed by atoms with Gasteiger partial charge in [-0.2, -0.15) is 5.10 Å². The van der Waals surface area contributed by atoms with E-state index in [-0.39, 0.29) is 6.04 Å². The van der Waals surface area contributed by atoms with Crippen LogP contribution in [0.15, 0.2) is 6.33 Å². The van der Waals surface area contributed by atoms with Gasteiger partial charge in [-0.1, -0.05) is 6.92 Å². The van der Waals surface area contributed by atoms with Crippen LogP contribution in [-0.4, -0.2) is 33.5 Å². The van der Waals surface area contributed by atoms with Gasteiger partial charge in [-0.3, -0.25) is 4.68 Å². The van der Waals surface area contributed by atoms with E-state index < -0.39 is 0 Å². The van der Waals surface area contributed by atoms with Gasteiger partial charge in [0.1, 0.15) is 12.2 Å². The Morgan fingerprint density at radius 1 is 1.47 bits per heavy atom. The van der Waals surface area contributed by atoms with Crippen molar-refractivity contribution in [3.8, 4) is 0 Å². The highest BCUT2D eigenvalue weighted by atomic mass is 16.5. The summed E-state index contributed by atoms with van der Waals surface area (Å²) in [6.07, 6.45) is 7.42. The molecule has 5 nitrogen and oxygen atoms in total. The zero-order valence-corrected chi connectivity index (χ0v) is 12.1. The summed E-state index contributed by atoms with van der Waals surface area (Å²) < 4.78 is 7.56. The number of aromatic nitrogens is 3. The molecule has 108 valence electrons. The van der Waals surface area contributed by atoms with E-state index in [0.717, 1.165) is 44.2 Å². The van der Waals surface area contributed by atoms with Crippen LogP contribution < -0.4 is 5.73 Å². The number of ether oxygens (including phenoxy) is 1. The predicted molar refractivity (Wildman–Crippen MR) is 74.7 cm³/mol. The van der Waals surface area contributed by atoms with E-state index in [1.165, 1.54) is 12.8 Å². The topological polar surface area (TPSA) is 66.0 Å². The summed E-state index contributed by atoms with van der Waals surface area (Å²) in [6, 6.07) is 0.187. The molecule has 5 heteroatoms. The van der Waals surface area contributed by atoms with E-state index in [1.807, 2.05) is 4.68 Å². The van der Waals surface area contributed by atoms with Crippen molar-refractivity contribution in [2.24, 2.45) is 11.7 Å². The Morgan fingerprint density at radius 2 is 2.26 bits per heavy atom. The van der Waals surface area contributed by atoms with E-state index in [0.29, 0.717) is 6.10 Å². The van der Waals surface area contributed by atoms with Gasteiger partial charge < -0.3 is 10.5 Å². The van der Waals surface area contributed by atoms with E-state index in [1.54, 1.807) is 6.33 Å². The molecule has 0 bridgehead atoms. The smallest absolute Gasteiger partial charge is 0.138 e. The molecule has 1 atom stereocenters. The summed E-state index contributed by atoms with van der Waals surface area (Å²) in [5, 5.41) is 4.24. The number of nitrogens with zero attached hydrogens (tertiary/aromatic N) is 3. The Morgan fingerprint density at radius 3 is 2.95 bits per heavy atom. The Balaban J connectivity index is 1.72. The maximum Gasteiger partial charge on any atom is 0.138 e. The van der Waals surface area contributed by atoms with Crippen molar-refractivity contribution in [3.63, 3.8) is 0 Å². The fourth-order valence-corrected chi connectivity index (χ4v) is 2.83. The van der Waals surface area contributed by atoms with E-state index in [2.05, 4.69) is 23.9 Å². The van der Waals surface area contributed by atoms with Crippen molar-refractivity contribution in [1.29, 1.82) is 0 Å². The molecular weight excluding hydrogens is 240 g/mol. The second kappa shape index (κ2) is 7.01. The first kappa shape index (κ1) is 14.5. The van der Waals surface area contributed by atoms with Crippen LogP contribution in [0.4, 0.5) is 0 Å². The first-order valence-corrected chi connectivity index (χ1v) is 7.46. The molecule has 1 saturated carbocycles. The molecule has 0 saturated heterocycles. The van der Waals surface area contributed by atoms with E-state index >= 15 is 0 Å². The van der Waals surface area contributed by atoms with E-state index in [4.69, 9.17) is 10.5 Å². The summed E-state index contributed by atoms with van der Waals surface area (Å²) in [5.41, 5.74) is 6.24. The van der Waals surface area contributed by atoms with Gasteiger partial charge in [0.05, 0.1) is 6.10 Å². The third-order valence-electron chi connectivity index (χ3n) is 3.81. The molecule has 1 fully saturated rings. The van der Waals surface area contributed by atoms with Crippen molar-refractivity contribution in [1.82, 2.24) is 14.8 Å². The van der Waals surface area contributed by atoms with Gasteiger partial charge in [-0.15, -0.1) is 0 Å². The maximum atomic E-state index is 6.24. The van der Waals surface area contributed by atoms with Gasteiger partial charge in [-0.05, 0) is 38.5 Å². The van der Waals surface area contributed by atoms with Crippen LogP contribution in [0.25, 0.3) is 0 Å². The van der Waals surface area contributed by atoms with Crippen molar-refractivity contribution in [3.05, 3.63) is 12.2 Å². The fourth-order valence-electron chi connectivity index (χ4n) is 2.83. The van der Waals surface area contributed by atoms with Gasteiger partial charge in [-0.25, -0.2) is 4.98 Å². The third kappa shape index (κ3) is 4.01. The zero-order valence-electron chi connectivity index (χ0n) is 12.1. The summed E-state index contributed by atoms with van der Waals surface area (Å²) in [5.74, 6) is 1.75. The number of aryl methyl sites for hydroxylation is 1. The van der Waals surface area contributed by atoms with Crippen LogP contribution in [0, 0.1) is 5.92 Å². The van der Waals surface area contributed by atoms with Gasteiger partial charge in [0.25, 0.3) is 0 Å². The summed E-state index contributed by atoms with van der Waals surface area (Å²) in [7, 11) is 0. The lowest BCUT2D eigenvalue weighted by Gasteiger charge is -2.36. The minimum atomic E-state index is 0.187. The first-order chi connectivity index (χ1) is 9.22. The molecule has 0 aliphatic heterocycles. The molecule has 0 radical (unpaired) electrons. The molecule has 0 aromatic carbocycles. The first-order valence-electron chi connectivity index (χ1n) is 7.46. The van der Waals surface area contributed by atoms with Crippen LogP contribution in [0.2, 0.25) is 0 Å². The molecule has 1 aliphatic rings. The SMILES string of the molecule is CCCn1ncnc1CC(N)CC1CC(OCC)C1. The molecule has 1 aromatic heterocycles. The molecule has 1 aliphatic carbocycles. The van der Waals surface area contributed by atoms with Gasteiger partial charge in [0, 0.05) is 25.6 Å². The van der Waals surface area contributed by atoms with Gasteiger partial charge in [0.2, 0.25) is 0 Å². The second-order valence-corrected chi connectivity index (χ2v) is 5.51. The van der Waals surface area contributed by atoms with Crippen molar-refractivity contribution < 1.29 is 4.74 Å². The van der Waals surface area contributed by atoms with Crippen LogP contribution >= 0.6 is 0 Å². The molecule has 1 aromatic rings. The molecule has 1 unspecified atom stereocenters. The summed E-state index contributed by atoms with van der Waals surface area (Å²) in [4.78, 5) is 4.32. The molecular formula is C14H26N4O. The quantitative estimate of drug-likeness (QED) is 0.778. The highest BCUT2D eigenvalue weighted by Crippen LogP contribution is 2.33. The summed E-state index contributed by atoms with van der Waals surface area (Å²) >= 11 is 0. The Kier molecular flexibility index (Phi) is 5.34. The lowest BCUT2D eigenvalue weighted by molar-refractivity contribution is -0.0281. The second-order valence-electron chi connectivity index (χ2n) is 5.51. The maximum absolute atomic E-state index is 6.24. The van der Waals surface area contributed by atoms with Crippen LogP contribution in [0.1, 0.15) is 45.4 Å². The molecule has 0 amide bonds. The Hall–Kier alpha value is -0.940. The number of hydrogen-bond acceptors (Lipinski definition) is 4. The lowest BCUT2D eigenvalue weighted by atomic mass is 9.78. The molecule has 2 rings (SSSR count). The van der Waals surface area contributed by atoms with Gasteiger partial charge in [0.15, 0.2) is 0 Å². The summed E-state index contributed by atoms with van der Waals surface area (Å²) in [6.45, 7) is 5.95. The fraction of sp³-hybridized carbons (Fsp3) is 0.857. The highest BCUT2D eigenvalue weighted by Gasteiger charge is 2.30. The Labute approximate surface area is 115 Å². The van der Waals surface area contributed by atoms with Crippen LogP contribution in [0.3, 0.4) is 0 Å². The minimum absolute atomic E-state index is 0.187. The number of nitrogens with two attached hydrogens (primary N) is 1. The molecule has 19 heavy (non-hydrogen) atoms. The standard InChI is InChI=1S/C14H26N4O/c1-3-5-18-14(16-10-17-18)9-12(15)6-11-7-13(8-11)19-4-2/h10-13H,3-9,15H2,1-2H3. The molecule has 0 spiro atoms. The van der Waals surface area contributed by atoms with Crippen LogP contribution in [0.5, 0.6) is 0 Å². The Bertz CT molecular complexity index is 373. The third-order valence-corrected chi connectivity index (χ3v) is 3.81. The lowest BCUT2D eigenvalue weighted by Crippen LogP contribution is -2.37. The van der Waals surface area contributed by atoms with Crippen molar-refractivity contribution >= 4 is 0 Å². The predicted octanol–water partition coefficient (Wildman–Crippen LogP) is 1.76. The number of rotatable bonds is 8. The average Bonchev–Trinajstić information content (AvgIpc) is 2.74. The molecule has 1 heterocycles. The van der Waals surface area contributed by atoms with Gasteiger partial charge >= 0.3 is 0 Å². The average molecular weight is 266 g/mol. The number of hydrogen-bond donors (Lipinski definition) is 1. The normalized spacial score (nSPS) is 24.2. The van der Waals surface area contributed by atoms with E-state index in [9.17, 15) is 0 Å².